The van der Waals surface area contributed by atoms with Crippen LogP contribution in [0.15, 0.2) is 0 Å². The SMILES string of the molecule is CCOC(=O)C1CCCN1S(=O)(=O)NCC(F)(F)F. The number of alkyl halides is 3. The smallest absolute Gasteiger partial charge is 0.402 e. The van der Waals surface area contributed by atoms with E-state index in [0.29, 0.717) is 6.42 Å². The highest BCUT2D eigenvalue weighted by Gasteiger charge is 2.41. The number of hydrogen-bond acceptors (Lipinski definition) is 4. The molecule has 1 heterocycles. The number of esters is 1. The van der Waals surface area contributed by atoms with Crippen molar-refractivity contribution in [1.82, 2.24) is 9.03 Å². The number of nitrogens with one attached hydrogen (secondary N) is 1. The Balaban J connectivity index is 2.73. The van der Waals surface area contributed by atoms with Crippen molar-refractivity contribution in [2.24, 2.45) is 0 Å². The average molecular weight is 304 g/mol. The Morgan fingerprint density at radius 2 is 2.11 bits per heavy atom. The lowest BCUT2D eigenvalue weighted by Crippen LogP contribution is -2.48. The zero-order chi connectivity index (χ0) is 14.7. The summed E-state index contributed by atoms with van der Waals surface area (Å²) in [4.78, 5) is 11.5. The topological polar surface area (TPSA) is 75.7 Å². The predicted octanol–water partition coefficient (Wildman–Crippen LogP) is 0.411. The first-order valence-electron chi connectivity index (χ1n) is 5.67. The van der Waals surface area contributed by atoms with Crippen molar-refractivity contribution in [3.8, 4) is 0 Å². The minimum absolute atomic E-state index is 0.00330. The van der Waals surface area contributed by atoms with Gasteiger partial charge in [-0.2, -0.15) is 30.6 Å². The first-order chi connectivity index (χ1) is 8.67. The predicted molar refractivity (Wildman–Crippen MR) is 59.3 cm³/mol. The first-order valence-corrected chi connectivity index (χ1v) is 7.11. The Morgan fingerprint density at radius 3 is 2.63 bits per heavy atom. The lowest BCUT2D eigenvalue weighted by Gasteiger charge is -2.23. The van der Waals surface area contributed by atoms with Gasteiger partial charge < -0.3 is 4.74 Å². The van der Waals surface area contributed by atoms with E-state index in [-0.39, 0.29) is 19.6 Å². The highest BCUT2D eigenvalue weighted by atomic mass is 32.2. The number of carbonyl (C=O) groups is 1. The van der Waals surface area contributed by atoms with E-state index in [1.165, 1.54) is 4.72 Å². The molecule has 0 bridgehead atoms. The molecule has 1 atom stereocenters. The van der Waals surface area contributed by atoms with Crippen LogP contribution in [0.2, 0.25) is 0 Å². The summed E-state index contributed by atoms with van der Waals surface area (Å²) in [6, 6.07) is -1.05. The van der Waals surface area contributed by atoms with Crippen LogP contribution in [0.5, 0.6) is 0 Å². The Bertz CT molecular complexity index is 424. The molecule has 6 nitrogen and oxygen atoms in total. The van der Waals surface area contributed by atoms with E-state index < -0.39 is 34.9 Å². The van der Waals surface area contributed by atoms with Crippen molar-refractivity contribution in [1.29, 1.82) is 0 Å². The van der Waals surface area contributed by atoms with Crippen molar-refractivity contribution >= 4 is 16.2 Å². The molecular formula is C9H15F3N2O4S. The van der Waals surface area contributed by atoms with Crippen LogP contribution < -0.4 is 4.72 Å². The van der Waals surface area contributed by atoms with E-state index in [0.717, 1.165) is 4.31 Å². The summed E-state index contributed by atoms with van der Waals surface area (Å²) in [5.74, 6) is -0.739. The molecule has 0 aromatic rings. The molecule has 0 aliphatic carbocycles. The molecule has 1 N–H and O–H groups in total. The Hall–Kier alpha value is -0.870. The van der Waals surface area contributed by atoms with Gasteiger partial charge in [-0.1, -0.05) is 0 Å². The Labute approximate surface area is 109 Å². The van der Waals surface area contributed by atoms with Gasteiger partial charge in [-0.3, -0.25) is 4.79 Å². The third kappa shape index (κ3) is 4.62. The van der Waals surface area contributed by atoms with Gasteiger partial charge >= 0.3 is 12.1 Å². The average Bonchev–Trinajstić information content (AvgIpc) is 2.75. The summed E-state index contributed by atoms with van der Waals surface area (Å²) >= 11 is 0. The van der Waals surface area contributed by atoms with Crippen LogP contribution in [-0.2, 0) is 19.7 Å². The molecule has 0 spiro atoms. The third-order valence-corrected chi connectivity index (χ3v) is 4.09. The van der Waals surface area contributed by atoms with Gasteiger partial charge in [-0.05, 0) is 19.8 Å². The molecule has 0 amide bonds. The van der Waals surface area contributed by atoms with Crippen LogP contribution in [-0.4, -0.2) is 50.6 Å². The first kappa shape index (κ1) is 16.2. The molecule has 10 heteroatoms. The maximum atomic E-state index is 12.0. The highest BCUT2D eigenvalue weighted by molar-refractivity contribution is 7.87. The second-order valence-electron chi connectivity index (χ2n) is 3.96. The van der Waals surface area contributed by atoms with Gasteiger partial charge in [0, 0.05) is 6.54 Å². The van der Waals surface area contributed by atoms with Gasteiger partial charge in [0.2, 0.25) is 0 Å². The molecule has 19 heavy (non-hydrogen) atoms. The van der Waals surface area contributed by atoms with E-state index >= 15 is 0 Å². The number of rotatable bonds is 5. The normalized spacial score (nSPS) is 21.6. The largest absolute Gasteiger partial charge is 0.465 e. The summed E-state index contributed by atoms with van der Waals surface area (Å²) in [5, 5.41) is 0. The molecule has 0 radical (unpaired) electrons. The fourth-order valence-electron chi connectivity index (χ4n) is 1.76. The van der Waals surface area contributed by atoms with Crippen molar-refractivity contribution in [2.75, 3.05) is 19.7 Å². The molecule has 0 saturated carbocycles. The number of nitrogens with zero attached hydrogens (tertiary/aromatic N) is 1. The molecule has 1 rings (SSSR count). The van der Waals surface area contributed by atoms with E-state index in [1.54, 1.807) is 6.92 Å². The Morgan fingerprint density at radius 1 is 1.47 bits per heavy atom. The van der Waals surface area contributed by atoms with Crippen molar-refractivity contribution in [3.05, 3.63) is 0 Å². The van der Waals surface area contributed by atoms with Gasteiger partial charge in [-0.25, -0.2) is 0 Å². The summed E-state index contributed by atoms with van der Waals surface area (Å²) in [5.41, 5.74) is 0. The third-order valence-electron chi connectivity index (χ3n) is 2.53. The summed E-state index contributed by atoms with van der Waals surface area (Å²) < 4.78 is 66.3. The van der Waals surface area contributed by atoms with Crippen LogP contribution in [0.1, 0.15) is 19.8 Å². The van der Waals surface area contributed by atoms with Crippen molar-refractivity contribution in [3.63, 3.8) is 0 Å². The van der Waals surface area contributed by atoms with Crippen molar-refractivity contribution in [2.45, 2.75) is 32.0 Å². The molecule has 0 aromatic carbocycles. The summed E-state index contributed by atoms with van der Waals surface area (Å²) in [7, 11) is -4.34. The van der Waals surface area contributed by atoms with E-state index in [4.69, 9.17) is 4.74 Å². The molecule has 1 unspecified atom stereocenters. The minimum atomic E-state index is -4.65. The molecule has 1 fully saturated rings. The van der Waals surface area contributed by atoms with Crippen LogP contribution in [0, 0.1) is 0 Å². The fourth-order valence-corrected chi connectivity index (χ4v) is 3.17. The fraction of sp³-hybridized carbons (Fsp3) is 0.889. The zero-order valence-corrected chi connectivity index (χ0v) is 11.1. The van der Waals surface area contributed by atoms with Crippen LogP contribution in [0.3, 0.4) is 0 Å². The van der Waals surface area contributed by atoms with E-state index in [2.05, 4.69) is 0 Å². The Kier molecular flexibility index (Phi) is 5.16. The maximum absolute atomic E-state index is 12.0. The van der Waals surface area contributed by atoms with Gasteiger partial charge in [-0.15, -0.1) is 0 Å². The number of carbonyl (C=O) groups excluding carboxylic acids is 1. The zero-order valence-electron chi connectivity index (χ0n) is 10.2. The summed E-state index contributed by atoms with van der Waals surface area (Å²) in [6.07, 6.45) is -4.01. The number of ether oxygens (including phenoxy) is 1. The molecule has 112 valence electrons. The number of hydrogen-bond donors (Lipinski definition) is 1. The van der Waals surface area contributed by atoms with Crippen LogP contribution >= 0.6 is 0 Å². The van der Waals surface area contributed by atoms with Gasteiger partial charge in [0.25, 0.3) is 10.2 Å². The molecule has 1 saturated heterocycles. The molecular weight excluding hydrogens is 289 g/mol. The lowest BCUT2D eigenvalue weighted by atomic mass is 10.2. The monoisotopic (exact) mass is 304 g/mol. The number of halogens is 3. The summed E-state index contributed by atoms with van der Waals surface area (Å²) in [6.45, 7) is -0.0230. The van der Waals surface area contributed by atoms with Gasteiger partial charge in [0.1, 0.15) is 12.6 Å². The van der Waals surface area contributed by atoms with Crippen LogP contribution in [0.25, 0.3) is 0 Å². The second-order valence-corrected chi connectivity index (χ2v) is 5.67. The minimum Gasteiger partial charge on any atom is -0.465 e. The van der Waals surface area contributed by atoms with E-state index in [1.807, 2.05) is 0 Å². The molecule has 1 aliphatic heterocycles. The maximum Gasteiger partial charge on any atom is 0.402 e. The van der Waals surface area contributed by atoms with Crippen molar-refractivity contribution < 1.29 is 31.1 Å². The lowest BCUT2D eigenvalue weighted by molar-refractivity contribution is -0.146. The van der Waals surface area contributed by atoms with Gasteiger partial charge in [0.05, 0.1) is 6.61 Å². The molecule has 0 aromatic heterocycles. The van der Waals surface area contributed by atoms with Gasteiger partial charge in [0.15, 0.2) is 0 Å². The highest BCUT2D eigenvalue weighted by Crippen LogP contribution is 2.22. The quantitative estimate of drug-likeness (QED) is 0.747. The standard InChI is InChI=1S/C9H15F3N2O4S/c1-2-18-8(15)7-4-3-5-14(7)19(16,17)13-6-9(10,11)12/h7,13H,2-6H2,1H3. The second kappa shape index (κ2) is 6.06. The van der Waals surface area contributed by atoms with E-state index in [9.17, 15) is 26.4 Å². The van der Waals surface area contributed by atoms with Crippen LogP contribution in [0.4, 0.5) is 13.2 Å². The molecule has 1 aliphatic rings.